The first-order valence-corrected chi connectivity index (χ1v) is 6.38. The standard InChI is InChI=1S/C14H13N5O2/c1-10-12(7-18-21-10)14(20)16-6-11-4-2-3-5-13(11)19-9-15-8-17-19/h2-5,7-9H,6H2,1H3,(H,16,20). The number of amides is 1. The molecule has 0 spiro atoms. The summed E-state index contributed by atoms with van der Waals surface area (Å²) < 4.78 is 6.55. The van der Waals surface area contributed by atoms with Crippen molar-refractivity contribution in [2.24, 2.45) is 0 Å². The third-order valence-corrected chi connectivity index (χ3v) is 3.09. The van der Waals surface area contributed by atoms with Crippen LogP contribution >= 0.6 is 0 Å². The van der Waals surface area contributed by atoms with Gasteiger partial charge in [-0.15, -0.1) is 0 Å². The summed E-state index contributed by atoms with van der Waals surface area (Å²) in [7, 11) is 0. The number of benzene rings is 1. The minimum absolute atomic E-state index is 0.220. The zero-order valence-corrected chi connectivity index (χ0v) is 11.4. The van der Waals surface area contributed by atoms with Gasteiger partial charge in [0.05, 0.1) is 11.9 Å². The molecule has 0 unspecified atom stereocenters. The molecule has 106 valence electrons. The lowest BCUT2D eigenvalue weighted by Gasteiger charge is -2.09. The van der Waals surface area contributed by atoms with E-state index in [1.54, 1.807) is 17.9 Å². The van der Waals surface area contributed by atoms with Gasteiger partial charge in [-0.3, -0.25) is 4.79 Å². The molecule has 2 heterocycles. The van der Waals surface area contributed by atoms with E-state index in [4.69, 9.17) is 4.52 Å². The molecule has 0 saturated carbocycles. The lowest BCUT2D eigenvalue weighted by atomic mass is 10.1. The molecule has 3 aromatic rings. The molecule has 0 radical (unpaired) electrons. The van der Waals surface area contributed by atoms with E-state index in [0.717, 1.165) is 11.3 Å². The Hall–Kier alpha value is -2.96. The molecule has 2 aromatic heterocycles. The summed E-state index contributed by atoms with van der Waals surface area (Å²) in [4.78, 5) is 16.0. The van der Waals surface area contributed by atoms with Crippen molar-refractivity contribution < 1.29 is 9.32 Å². The Bertz CT molecular complexity index is 748. The molecule has 0 saturated heterocycles. The highest BCUT2D eigenvalue weighted by Gasteiger charge is 2.13. The number of para-hydroxylation sites is 1. The molecule has 1 amide bonds. The molecule has 0 atom stereocenters. The number of aryl methyl sites for hydroxylation is 1. The van der Waals surface area contributed by atoms with Gasteiger partial charge in [0, 0.05) is 6.54 Å². The first-order chi connectivity index (χ1) is 10.3. The summed E-state index contributed by atoms with van der Waals surface area (Å²) in [5.74, 6) is 0.277. The van der Waals surface area contributed by atoms with E-state index in [0.29, 0.717) is 17.9 Å². The highest BCUT2D eigenvalue weighted by Crippen LogP contribution is 2.13. The molecule has 0 aliphatic heterocycles. The van der Waals surface area contributed by atoms with E-state index in [2.05, 4.69) is 20.6 Å². The molecule has 1 N–H and O–H groups in total. The topological polar surface area (TPSA) is 85.8 Å². The van der Waals surface area contributed by atoms with Crippen LogP contribution in [0.2, 0.25) is 0 Å². The van der Waals surface area contributed by atoms with Crippen molar-refractivity contribution in [1.82, 2.24) is 25.2 Å². The molecule has 0 bridgehead atoms. The fourth-order valence-electron chi connectivity index (χ4n) is 2.00. The van der Waals surface area contributed by atoms with Gasteiger partial charge in [-0.2, -0.15) is 5.10 Å². The molecule has 1 aromatic carbocycles. The van der Waals surface area contributed by atoms with Crippen molar-refractivity contribution in [3.8, 4) is 5.69 Å². The minimum Gasteiger partial charge on any atom is -0.361 e. The van der Waals surface area contributed by atoms with Crippen LogP contribution in [-0.2, 0) is 6.54 Å². The van der Waals surface area contributed by atoms with Crippen LogP contribution in [0, 0.1) is 6.92 Å². The third-order valence-electron chi connectivity index (χ3n) is 3.09. The van der Waals surface area contributed by atoms with Crippen LogP contribution < -0.4 is 5.32 Å². The van der Waals surface area contributed by atoms with E-state index >= 15 is 0 Å². The first-order valence-electron chi connectivity index (χ1n) is 6.38. The SMILES string of the molecule is Cc1oncc1C(=O)NCc1ccccc1-n1cncn1. The van der Waals surface area contributed by atoms with Crippen LogP contribution in [-0.4, -0.2) is 25.8 Å². The maximum atomic E-state index is 12.1. The maximum absolute atomic E-state index is 12.1. The van der Waals surface area contributed by atoms with Crippen molar-refractivity contribution in [2.75, 3.05) is 0 Å². The number of hydrogen-bond donors (Lipinski definition) is 1. The lowest BCUT2D eigenvalue weighted by Crippen LogP contribution is -2.23. The highest BCUT2D eigenvalue weighted by molar-refractivity contribution is 5.94. The van der Waals surface area contributed by atoms with Gasteiger partial charge in [-0.05, 0) is 18.6 Å². The molecule has 7 nitrogen and oxygen atoms in total. The maximum Gasteiger partial charge on any atom is 0.256 e. The minimum atomic E-state index is -0.220. The summed E-state index contributed by atoms with van der Waals surface area (Å²) in [5.41, 5.74) is 2.25. The van der Waals surface area contributed by atoms with Gasteiger partial charge in [0.1, 0.15) is 24.0 Å². The highest BCUT2D eigenvalue weighted by atomic mass is 16.5. The van der Waals surface area contributed by atoms with Crippen LogP contribution in [0.15, 0.2) is 47.6 Å². The normalized spacial score (nSPS) is 10.5. The molecule has 0 aliphatic carbocycles. The average Bonchev–Trinajstić information content (AvgIpc) is 3.16. The third kappa shape index (κ3) is 2.66. The largest absolute Gasteiger partial charge is 0.361 e. The Morgan fingerprint density at radius 1 is 1.38 bits per heavy atom. The molecule has 7 heteroatoms. The number of carbonyl (C=O) groups excluding carboxylic acids is 1. The predicted molar refractivity (Wildman–Crippen MR) is 73.8 cm³/mol. The monoisotopic (exact) mass is 283 g/mol. The van der Waals surface area contributed by atoms with Crippen LogP contribution in [0.3, 0.4) is 0 Å². The van der Waals surface area contributed by atoms with Gasteiger partial charge in [-0.25, -0.2) is 9.67 Å². The number of nitrogens with zero attached hydrogens (tertiary/aromatic N) is 4. The van der Waals surface area contributed by atoms with Crippen LogP contribution in [0.25, 0.3) is 5.69 Å². The number of nitrogens with one attached hydrogen (secondary N) is 1. The van der Waals surface area contributed by atoms with Gasteiger partial charge in [0.15, 0.2) is 0 Å². The second-order valence-electron chi connectivity index (χ2n) is 4.45. The number of rotatable bonds is 4. The molecule has 0 fully saturated rings. The quantitative estimate of drug-likeness (QED) is 0.784. The van der Waals surface area contributed by atoms with Crippen molar-refractivity contribution in [2.45, 2.75) is 13.5 Å². The molecule has 0 aliphatic rings. The molecule has 21 heavy (non-hydrogen) atoms. The average molecular weight is 283 g/mol. The smallest absolute Gasteiger partial charge is 0.256 e. The van der Waals surface area contributed by atoms with Gasteiger partial charge in [-0.1, -0.05) is 23.4 Å². The Labute approximate surface area is 120 Å². The fraction of sp³-hybridized carbons (Fsp3) is 0.143. The number of aromatic nitrogens is 4. The van der Waals surface area contributed by atoms with E-state index in [1.165, 1.54) is 12.5 Å². The second kappa shape index (κ2) is 5.58. The van der Waals surface area contributed by atoms with Crippen molar-refractivity contribution in [3.63, 3.8) is 0 Å². The van der Waals surface area contributed by atoms with Crippen molar-refractivity contribution in [3.05, 3.63) is 60.0 Å². The zero-order chi connectivity index (χ0) is 14.7. The second-order valence-corrected chi connectivity index (χ2v) is 4.45. The Balaban J connectivity index is 1.77. The van der Waals surface area contributed by atoms with Gasteiger partial charge in [0.2, 0.25) is 0 Å². The Kier molecular flexibility index (Phi) is 3.46. The van der Waals surface area contributed by atoms with Gasteiger partial charge in [0.25, 0.3) is 5.91 Å². The summed E-state index contributed by atoms with van der Waals surface area (Å²) >= 11 is 0. The van der Waals surface area contributed by atoms with Crippen LogP contribution in [0.1, 0.15) is 21.7 Å². The summed E-state index contributed by atoms with van der Waals surface area (Å²) in [5, 5.41) is 10.5. The number of carbonyl (C=O) groups is 1. The predicted octanol–water partition coefficient (Wildman–Crippen LogP) is 1.49. The molecule has 3 rings (SSSR count). The Morgan fingerprint density at radius 3 is 2.95 bits per heavy atom. The number of hydrogen-bond acceptors (Lipinski definition) is 5. The Morgan fingerprint density at radius 2 is 2.24 bits per heavy atom. The van der Waals surface area contributed by atoms with E-state index in [9.17, 15) is 4.79 Å². The lowest BCUT2D eigenvalue weighted by molar-refractivity contribution is 0.0949. The van der Waals surface area contributed by atoms with Gasteiger partial charge >= 0.3 is 0 Å². The van der Waals surface area contributed by atoms with Crippen molar-refractivity contribution in [1.29, 1.82) is 0 Å². The fourth-order valence-corrected chi connectivity index (χ4v) is 2.00. The van der Waals surface area contributed by atoms with E-state index in [-0.39, 0.29) is 5.91 Å². The summed E-state index contributed by atoms with van der Waals surface area (Å²) in [6.07, 6.45) is 4.49. The summed E-state index contributed by atoms with van der Waals surface area (Å²) in [6, 6.07) is 7.66. The van der Waals surface area contributed by atoms with Crippen LogP contribution in [0.4, 0.5) is 0 Å². The zero-order valence-electron chi connectivity index (χ0n) is 11.4. The molecular weight excluding hydrogens is 270 g/mol. The van der Waals surface area contributed by atoms with E-state index < -0.39 is 0 Å². The van der Waals surface area contributed by atoms with Gasteiger partial charge < -0.3 is 9.84 Å². The van der Waals surface area contributed by atoms with Crippen LogP contribution in [0.5, 0.6) is 0 Å². The van der Waals surface area contributed by atoms with E-state index in [1.807, 2.05) is 24.3 Å². The molecular formula is C14H13N5O2. The first kappa shape index (κ1) is 13.0. The summed E-state index contributed by atoms with van der Waals surface area (Å²) in [6.45, 7) is 2.07. The van der Waals surface area contributed by atoms with Crippen molar-refractivity contribution >= 4 is 5.91 Å².